The number of hydrogen-bond acceptors (Lipinski definition) is 4. The molecule has 0 aliphatic heterocycles. The fourth-order valence-corrected chi connectivity index (χ4v) is 3.23. The third-order valence-corrected chi connectivity index (χ3v) is 4.50. The molecule has 0 bridgehead atoms. The monoisotopic (exact) mass is 317 g/mol. The molecule has 3 aromatic rings. The molecule has 0 aliphatic carbocycles. The molecular weight excluding hydrogens is 305 g/mol. The number of H-pyrrole nitrogens is 1. The van der Waals surface area contributed by atoms with Gasteiger partial charge in [-0.3, -0.25) is 9.59 Å². The summed E-state index contributed by atoms with van der Waals surface area (Å²) in [5.41, 5.74) is 1.16. The first-order chi connectivity index (χ1) is 10.6. The molecule has 7 heteroatoms. The van der Waals surface area contributed by atoms with Gasteiger partial charge in [-0.2, -0.15) is 0 Å². The first kappa shape index (κ1) is 14.4. The number of halogens is 1. The van der Waals surface area contributed by atoms with Gasteiger partial charge in [0, 0.05) is 6.54 Å². The molecule has 0 saturated carbocycles. The molecule has 112 valence electrons. The zero-order valence-corrected chi connectivity index (χ0v) is 12.5. The minimum atomic E-state index is -0.319. The molecule has 2 aromatic heterocycles. The molecule has 0 radical (unpaired) electrons. The molecule has 2 N–H and O–H groups in total. The summed E-state index contributed by atoms with van der Waals surface area (Å²) in [6.07, 6.45) is 1.32. The number of nitrogens with one attached hydrogen (secondary N) is 2. The van der Waals surface area contributed by atoms with Gasteiger partial charge in [-0.05, 0) is 30.2 Å². The summed E-state index contributed by atoms with van der Waals surface area (Å²) in [7, 11) is 0. The van der Waals surface area contributed by atoms with Crippen LogP contribution >= 0.6 is 11.3 Å². The summed E-state index contributed by atoms with van der Waals surface area (Å²) in [5.74, 6) is -0.593. The van der Waals surface area contributed by atoms with Crippen LogP contribution in [0.25, 0.3) is 10.2 Å². The maximum absolute atomic E-state index is 12.8. The molecule has 0 spiro atoms. The Morgan fingerprint density at radius 2 is 2.09 bits per heavy atom. The lowest BCUT2D eigenvalue weighted by Crippen LogP contribution is -2.22. The first-order valence-electron chi connectivity index (χ1n) is 6.55. The smallest absolute Gasteiger partial charge is 0.261 e. The zero-order chi connectivity index (χ0) is 15.7. The number of aromatic amines is 1. The average Bonchev–Trinajstić information content (AvgIpc) is 2.85. The summed E-state index contributed by atoms with van der Waals surface area (Å²) in [4.78, 5) is 31.6. The number of rotatable bonds is 3. The number of carbonyl (C=O) groups is 1. The Balaban J connectivity index is 1.83. The lowest BCUT2D eigenvalue weighted by Gasteiger charge is -2.04. The van der Waals surface area contributed by atoms with Gasteiger partial charge in [-0.15, -0.1) is 11.3 Å². The van der Waals surface area contributed by atoms with E-state index in [0.717, 1.165) is 5.56 Å². The molecule has 0 saturated heterocycles. The molecular formula is C15H12FN3O2S. The molecule has 2 heterocycles. The summed E-state index contributed by atoms with van der Waals surface area (Å²) >= 11 is 1.18. The molecule has 0 atom stereocenters. The predicted octanol–water partition coefficient (Wildman–Crippen LogP) is 2.36. The highest BCUT2D eigenvalue weighted by Gasteiger charge is 2.17. The van der Waals surface area contributed by atoms with E-state index in [9.17, 15) is 14.0 Å². The van der Waals surface area contributed by atoms with Crippen LogP contribution in [0.5, 0.6) is 0 Å². The largest absolute Gasteiger partial charge is 0.347 e. The minimum absolute atomic E-state index is 0.253. The second-order valence-electron chi connectivity index (χ2n) is 4.78. The Morgan fingerprint density at radius 1 is 1.36 bits per heavy atom. The number of fused-ring (bicyclic) bond motifs is 1. The molecule has 0 unspecified atom stereocenters. The number of nitrogens with zero attached hydrogens (tertiary/aromatic N) is 1. The minimum Gasteiger partial charge on any atom is -0.347 e. The zero-order valence-electron chi connectivity index (χ0n) is 11.6. The lowest BCUT2D eigenvalue weighted by molar-refractivity contribution is 0.0954. The van der Waals surface area contributed by atoms with Crippen molar-refractivity contribution >= 4 is 27.5 Å². The second-order valence-corrected chi connectivity index (χ2v) is 5.78. The van der Waals surface area contributed by atoms with E-state index < -0.39 is 0 Å². The Bertz CT molecular complexity index is 899. The lowest BCUT2D eigenvalue weighted by atomic mass is 10.2. The highest BCUT2D eigenvalue weighted by Crippen LogP contribution is 2.26. The molecule has 0 aliphatic rings. The highest BCUT2D eigenvalue weighted by molar-refractivity contribution is 7.20. The van der Waals surface area contributed by atoms with E-state index in [0.29, 0.717) is 20.7 Å². The van der Waals surface area contributed by atoms with Crippen molar-refractivity contribution in [1.29, 1.82) is 0 Å². The van der Waals surface area contributed by atoms with Crippen LogP contribution in [-0.4, -0.2) is 15.9 Å². The molecule has 22 heavy (non-hydrogen) atoms. The molecule has 0 fully saturated rings. The number of aryl methyl sites for hydroxylation is 1. The maximum atomic E-state index is 12.8. The number of amides is 1. The summed E-state index contributed by atoms with van der Waals surface area (Å²) in [6, 6.07) is 5.91. The van der Waals surface area contributed by atoms with Crippen LogP contribution < -0.4 is 10.9 Å². The second kappa shape index (κ2) is 5.69. The van der Waals surface area contributed by atoms with Crippen molar-refractivity contribution in [1.82, 2.24) is 15.3 Å². The van der Waals surface area contributed by atoms with E-state index in [1.54, 1.807) is 19.1 Å². The molecule has 5 nitrogen and oxygen atoms in total. The number of carbonyl (C=O) groups excluding carboxylic acids is 1. The SMILES string of the molecule is Cc1c(C(=O)NCc2ccc(F)cc2)sc2nc[nH]c(=O)c12. The quantitative estimate of drug-likeness (QED) is 0.779. The van der Waals surface area contributed by atoms with Gasteiger partial charge in [0.1, 0.15) is 10.6 Å². The van der Waals surface area contributed by atoms with Crippen LogP contribution in [0.4, 0.5) is 4.39 Å². The highest BCUT2D eigenvalue weighted by atomic mass is 32.1. The molecule has 1 amide bonds. The van der Waals surface area contributed by atoms with Gasteiger partial charge in [-0.1, -0.05) is 12.1 Å². The van der Waals surface area contributed by atoms with Crippen molar-refractivity contribution in [2.45, 2.75) is 13.5 Å². The van der Waals surface area contributed by atoms with Crippen LogP contribution in [0, 0.1) is 12.7 Å². The fourth-order valence-electron chi connectivity index (χ4n) is 2.16. The van der Waals surface area contributed by atoms with E-state index in [1.165, 1.54) is 29.8 Å². The molecule has 1 aromatic carbocycles. The normalized spacial score (nSPS) is 10.8. The van der Waals surface area contributed by atoms with Crippen LogP contribution in [0.2, 0.25) is 0 Å². The third kappa shape index (κ3) is 2.62. The van der Waals surface area contributed by atoms with E-state index in [4.69, 9.17) is 0 Å². The van der Waals surface area contributed by atoms with Crippen molar-refractivity contribution in [3.63, 3.8) is 0 Å². The van der Waals surface area contributed by atoms with Crippen molar-refractivity contribution < 1.29 is 9.18 Å². The average molecular weight is 317 g/mol. The number of thiophene rings is 1. The Labute approximate surface area is 128 Å². The van der Waals surface area contributed by atoms with Gasteiger partial charge in [0.2, 0.25) is 0 Å². The Hall–Kier alpha value is -2.54. The summed E-state index contributed by atoms with van der Waals surface area (Å²) < 4.78 is 12.8. The van der Waals surface area contributed by atoms with E-state index in [2.05, 4.69) is 15.3 Å². The fraction of sp³-hybridized carbons (Fsp3) is 0.133. The van der Waals surface area contributed by atoms with E-state index in [-0.39, 0.29) is 23.8 Å². The van der Waals surface area contributed by atoms with Gasteiger partial charge in [0.05, 0.1) is 16.6 Å². The number of benzene rings is 1. The summed E-state index contributed by atoms with van der Waals surface area (Å²) in [6.45, 7) is 2.01. The standard InChI is InChI=1S/C15H12FN3O2S/c1-8-11-13(20)18-7-19-15(11)22-12(8)14(21)17-6-9-2-4-10(16)5-3-9/h2-5,7H,6H2,1H3,(H,17,21)(H,18,19,20). The predicted molar refractivity (Wildman–Crippen MR) is 82.5 cm³/mol. The van der Waals surface area contributed by atoms with Crippen molar-refractivity contribution in [3.05, 3.63) is 62.8 Å². The van der Waals surface area contributed by atoms with Gasteiger partial charge >= 0.3 is 0 Å². The maximum Gasteiger partial charge on any atom is 0.261 e. The van der Waals surface area contributed by atoms with Crippen LogP contribution in [0.3, 0.4) is 0 Å². The van der Waals surface area contributed by atoms with Gasteiger partial charge in [-0.25, -0.2) is 9.37 Å². The van der Waals surface area contributed by atoms with Crippen LogP contribution in [0.15, 0.2) is 35.4 Å². The van der Waals surface area contributed by atoms with E-state index in [1.807, 2.05) is 0 Å². The van der Waals surface area contributed by atoms with Crippen molar-refractivity contribution in [2.24, 2.45) is 0 Å². The number of hydrogen-bond donors (Lipinski definition) is 2. The van der Waals surface area contributed by atoms with Crippen molar-refractivity contribution in [3.8, 4) is 0 Å². The topological polar surface area (TPSA) is 74.8 Å². The van der Waals surface area contributed by atoms with Crippen LogP contribution in [0.1, 0.15) is 20.8 Å². The summed E-state index contributed by atoms with van der Waals surface area (Å²) in [5, 5.41) is 3.21. The van der Waals surface area contributed by atoms with E-state index >= 15 is 0 Å². The molecule has 3 rings (SSSR count). The Morgan fingerprint density at radius 3 is 2.77 bits per heavy atom. The Kier molecular flexibility index (Phi) is 3.72. The van der Waals surface area contributed by atoms with Gasteiger partial charge in [0.25, 0.3) is 11.5 Å². The van der Waals surface area contributed by atoms with Crippen molar-refractivity contribution in [2.75, 3.05) is 0 Å². The third-order valence-electron chi connectivity index (χ3n) is 3.31. The van der Waals surface area contributed by atoms with Crippen LogP contribution in [-0.2, 0) is 6.54 Å². The first-order valence-corrected chi connectivity index (χ1v) is 7.37. The van der Waals surface area contributed by atoms with Gasteiger partial charge in [0.15, 0.2) is 0 Å². The number of aromatic nitrogens is 2. The van der Waals surface area contributed by atoms with Gasteiger partial charge < -0.3 is 10.3 Å².